The Bertz CT molecular complexity index is 841. The monoisotopic (exact) mass is 426 g/mol. The van der Waals surface area contributed by atoms with Crippen molar-refractivity contribution in [3.63, 3.8) is 0 Å². The Hall–Kier alpha value is -2.18. The SMILES string of the molecule is COCCNC[C@@H]1C=C(C)[C@H](Cc2nnc(-c3ccc(N(C)C)cc3)o2)C[C@H]1C(C)C. The summed E-state index contributed by atoms with van der Waals surface area (Å²) in [5.74, 6) is 3.61. The van der Waals surface area contributed by atoms with Gasteiger partial charge in [-0.2, -0.15) is 0 Å². The highest BCUT2D eigenvalue weighted by atomic mass is 16.5. The number of hydrogen-bond acceptors (Lipinski definition) is 6. The van der Waals surface area contributed by atoms with Crippen LogP contribution < -0.4 is 10.2 Å². The maximum atomic E-state index is 6.05. The minimum atomic E-state index is 0.451. The van der Waals surface area contributed by atoms with E-state index in [1.54, 1.807) is 7.11 Å². The highest BCUT2D eigenvalue weighted by Crippen LogP contribution is 2.38. The molecule has 3 atom stereocenters. The van der Waals surface area contributed by atoms with Crippen molar-refractivity contribution < 1.29 is 9.15 Å². The van der Waals surface area contributed by atoms with Crippen LogP contribution in [0.25, 0.3) is 11.5 Å². The minimum absolute atomic E-state index is 0.451. The Morgan fingerprint density at radius 1 is 1.19 bits per heavy atom. The fourth-order valence-electron chi connectivity index (χ4n) is 4.52. The van der Waals surface area contributed by atoms with Crippen molar-refractivity contribution in [2.24, 2.45) is 23.7 Å². The topological polar surface area (TPSA) is 63.4 Å². The summed E-state index contributed by atoms with van der Waals surface area (Å²) < 4.78 is 11.2. The molecule has 2 aromatic rings. The van der Waals surface area contributed by atoms with Gasteiger partial charge >= 0.3 is 0 Å². The number of allylic oxidation sites excluding steroid dienone is 1. The normalized spacial score (nSPS) is 21.4. The first-order valence-corrected chi connectivity index (χ1v) is 11.4. The van der Waals surface area contributed by atoms with Gasteiger partial charge in [-0.1, -0.05) is 25.5 Å². The summed E-state index contributed by atoms with van der Waals surface area (Å²) in [5, 5.41) is 12.2. The zero-order valence-corrected chi connectivity index (χ0v) is 19.9. The molecule has 6 nitrogen and oxygen atoms in total. The third kappa shape index (κ3) is 6.17. The van der Waals surface area contributed by atoms with E-state index in [1.165, 1.54) is 5.57 Å². The molecule has 3 rings (SSSR count). The van der Waals surface area contributed by atoms with Crippen LogP contribution in [0.3, 0.4) is 0 Å². The molecule has 0 amide bonds. The molecule has 0 spiro atoms. The van der Waals surface area contributed by atoms with Crippen LogP contribution in [0.15, 0.2) is 40.3 Å². The predicted molar refractivity (Wildman–Crippen MR) is 126 cm³/mol. The van der Waals surface area contributed by atoms with Gasteiger partial charge in [0.1, 0.15) is 0 Å². The van der Waals surface area contributed by atoms with Gasteiger partial charge in [-0.25, -0.2) is 0 Å². The predicted octanol–water partition coefficient (Wildman–Crippen LogP) is 4.44. The van der Waals surface area contributed by atoms with E-state index in [9.17, 15) is 0 Å². The summed E-state index contributed by atoms with van der Waals surface area (Å²) >= 11 is 0. The van der Waals surface area contributed by atoms with Crippen LogP contribution >= 0.6 is 0 Å². The highest BCUT2D eigenvalue weighted by Gasteiger charge is 2.32. The van der Waals surface area contributed by atoms with Gasteiger partial charge in [0.2, 0.25) is 11.8 Å². The van der Waals surface area contributed by atoms with Crippen LogP contribution in [-0.4, -0.2) is 51.1 Å². The molecular formula is C25H38N4O2. The molecule has 1 aromatic carbocycles. The van der Waals surface area contributed by atoms with Crippen molar-refractivity contribution in [2.45, 2.75) is 33.6 Å². The molecule has 0 aliphatic heterocycles. The molecule has 1 N–H and O–H groups in total. The molecule has 0 radical (unpaired) electrons. The number of anilines is 1. The summed E-state index contributed by atoms with van der Waals surface area (Å²) in [5.41, 5.74) is 3.55. The number of ether oxygens (including phenoxy) is 1. The van der Waals surface area contributed by atoms with E-state index in [0.717, 1.165) is 49.7 Å². The lowest BCUT2D eigenvalue weighted by Crippen LogP contribution is -2.35. The standard InChI is InChI=1S/C25H38N4O2/c1-17(2)23-14-20(18(3)13-21(23)16-26-11-12-30-6)15-24-27-28-25(31-24)19-7-9-22(10-8-19)29(4)5/h7-10,13,17,20-21,23,26H,11-12,14-16H2,1-6H3/t20-,21-,23-/m0/s1. The average Bonchev–Trinajstić information content (AvgIpc) is 3.21. The molecule has 0 saturated carbocycles. The Morgan fingerprint density at radius 2 is 1.94 bits per heavy atom. The van der Waals surface area contributed by atoms with Gasteiger partial charge in [0, 0.05) is 52.0 Å². The number of aromatic nitrogens is 2. The number of nitrogens with one attached hydrogen (secondary N) is 1. The smallest absolute Gasteiger partial charge is 0.247 e. The zero-order valence-electron chi connectivity index (χ0n) is 19.9. The lowest BCUT2D eigenvalue weighted by molar-refractivity contribution is 0.188. The number of benzene rings is 1. The van der Waals surface area contributed by atoms with Crippen molar-refractivity contribution >= 4 is 5.69 Å². The molecule has 0 bridgehead atoms. The maximum absolute atomic E-state index is 6.05. The van der Waals surface area contributed by atoms with E-state index in [4.69, 9.17) is 9.15 Å². The fourth-order valence-corrected chi connectivity index (χ4v) is 4.52. The quantitative estimate of drug-likeness (QED) is 0.448. The summed E-state index contributed by atoms with van der Waals surface area (Å²) in [6.07, 6.45) is 4.43. The third-order valence-electron chi connectivity index (χ3n) is 6.47. The van der Waals surface area contributed by atoms with Crippen LogP contribution in [0.5, 0.6) is 0 Å². The summed E-state index contributed by atoms with van der Waals surface area (Å²) in [4.78, 5) is 2.08. The Balaban J connectivity index is 1.66. The summed E-state index contributed by atoms with van der Waals surface area (Å²) in [6, 6.07) is 8.21. The van der Waals surface area contributed by atoms with Gasteiger partial charge in [0.05, 0.1) is 6.61 Å². The summed E-state index contributed by atoms with van der Waals surface area (Å²) in [7, 11) is 5.81. The molecule has 0 saturated heterocycles. The second kappa shape index (κ2) is 10.9. The molecular weight excluding hydrogens is 388 g/mol. The third-order valence-corrected chi connectivity index (χ3v) is 6.47. The molecule has 1 aliphatic rings. The van der Waals surface area contributed by atoms with E-state index in [1.807, 2.05) is 26.2 Å². The first-order chi connectivity index (χ1) is 14.9. The van der Waals surface area contributed by atoms with Crippen molar-refractivity contribution in [3.05, 3.63) is 41.8 Å². The lowest BCUT2D eigenvalue weighted by Gasteiger charge is -2.37. The second-order valence-electron chi connectivity index (χ2n) is 9.26. The number of hydrogen-bond donors (Lipinski definition) is 1. The molecule has 31 heavy (non-hydrogen) atoms. The van der Waals surface area contributed by atoms with Crippen molar-refractivity contribution in [1.82, 2.24) is 15.5 Å². The van der Waals surface area contributed by atoms with Gasteiger partial charge in [-0.15, -0.1) is 10.2 Å². The van der Waals surface area contributed by atoms with Crippen molar-refractivity contribution in [2.75, 3.05) is 45.8 Å². The van der Waals surface area contributed by atoms with Gasteiger partial charge in [0.15, 0.2) is 0 Å². The van der Waals surface area contributed by atoms with Gasteiger partial charge in [0.25, 0.3) is 0 Å². The Labute approximate surface area is 187 Å². The Kier molecular flexibility index (Phi) is 8.27. The van der Waals surface area contributed by atoms with Crippen LogP contribution in [0.1, 0.15) is 33.1 Å². The zero-order chi connectivity index (χ0) is 22.4. The van der Waals surface area contributed by atoms with E-state index in [-0.39, 0.29) is 0 Å². The highest BCUT2D eigenvalue weighted by molar-refractivity contribution is 5.58. The first-order valence-electron chi connectivity index (χ1n) is 11.4. The number of methoxy groups -OCH3 is 1. The fraction of sp³-hybridized carbons (Fsp3) is 0.600. The average molecular weight is 427 g/mol. The van der Waals surface area contributed by atoms with Gasteiger partial charge < -0.3 is 19.4 Å². The van der Waals surface area contributed by atoms with Gasteiger partial charge in [-0.05, 0) is 61.3 Å². The molecule has 0 fully saturated rings. The molecule has 1 heterocycles. The van der Waals surface area contributed by atoms with Crippen molar-refractivity contribution in [3.8, 4) is 11.5 Å². The van der Waals surface area contributed by atoms with E-state index in [2.05, 4.69) is 59.4 Å². The minimum Gasteiger partial charge on any atom is -0.421 e. The lowest BCUT2D eigenvalue weighted by atomic mass is 9.70. The van der Waals surface area contributed by atoms with Crippen LogP contribution in [0.4, 0.5) is 5.69 Å². The molecule has 170 valence electrons. The molecule has 1 aromatic heterocycles. The van der Waals surface area contributed by atoms with Crippen LogP contribution in [0.2, 0.25) is 0 Å². The molecule has 0 unspecified atom stereocenters. The number of rotatable bonds is 10. The van der Waals surface area contributed by atoms with Crippen LogP contribution in [0, 0.1) is 23.7 Å². The maximum Gasteiger partial charge on any atom is 0.247 e. The summed E-state index contributed by atoms with van der Waals surface area (Å²) in [6.45, 7) is 9.57. The number of nitrogens with zero attached hydrogens (tertiary/aromatic N) is 3. The van der Waals surface area contributed by atoms with E-state index in [0.29, 0.717) is 29.6 Å². The molecule has 6 heteroatoms. The van der Waals surface area contributed by atoms with E-state index >= 15 is 0 Å². The van der Waals surface area contributed by atoms with Crippen LogP contribution in [-0.2, 0) is 11.2 Å². The largest absolute Gasteiger partial charge is 0.421 e. The Morgan fingerprint density at radius 3 is 2.58 bits per heavy atom. The first kappa shape index (κ1) is 23.5. The van der Waals surface area contributed by atoms with Gasteiger partial charge in [-0.3, -0.25) is 0 Å². The van der Waals surface area contributed by atoms with Crippen molar-refractivity contribution in [1.29, 1.82) is 0 Å². The molecule has 1 aliphatic carbocycles. The van der Waals surface area contributed by atoms with E-state index < -0.39 is 0 Å². The second-order valence-corrected chi connectivity index (χ2v) is 9.26.